The van der Waals surface area contributed by atoms with Crippen molar-refractivity contribution in [2.24, 2.45) is 0 Å². The summed E-state index contributed by atoms with van der Waals surface area (Å²) in [5.74, 6) is -1.34. The predicted octanol–water partition coefficient (Wildman–Crippen LogP) is 2.93. The Hall–Kier alpha value is -4.08. The molecule has 0 unspecified atom stereocenters. The number of rotatable bonds is 10. The molecule has 0 saturated carbocycles. The zero-order valence-corrected chi connectivity index (χ0v) is 21.2. The summed E-state index contributed by atoms with van der Waals surface area (Å²) >= 11 is 0. The Morgan fingerprint density at radius 2 is 1.78 bits per heavy atom. The highest BCUT2D eigenvalue weighted by molar-refractivity contribution is 5.99. The number of nitrogens with one attached hydrogen (secondary N) is 1. The first-order chi connectivity index (χ1) is 17.2. The smallest absolute Gasteiger partial charge is 0.340 e. The number of nitrogen functional groups attached to an aromatic ring is 1. The number of carbonyl (C=O) groups is 2. The molecular weight excluding hydrogens is 462 g/mol. The van der Waals surface area contributed by atoms with Gasteiger partial charge in [0.15, 0.2) is 12.3 Å². The number of esters is 1. The van der Waals surface area contributed by atoms with Gasteiger partial charge in [-0.1, -0.05) is 38.5 Å². The molecule has 0 atom stereocenters. The van der Waals surface area contributed by atoms with Crippen molar-refractivity contribution in [2.75, 3.05) is 23.8 Å². The van der Waals surface area contributed by atoms with E-state index < -0.39 is 29.7 Å². The number of aromatic amines is 1. The maximum absolute atomic E-state index is 13.2. The Kier molecular flexibility index (Phi) is 8.52. The summed E-state index contributed by atoms with van der Waals surface area (Å²) in [4.78, 5) is 54.4. The summed E-state index contributed by atoms with van der Waals surface area (Å²) in [7, 11) is 0. The fourth-order valence-corrected chi connectivity index (χ4v) is 4.19. The molecular formula is C26H33N5O5. The second-order valence-corrected chi connectivity index (χ2v) is 8.58. The molecule has 1 aromatic carbocycles. The normalized spacial score (nSPS) is 10.9. The quantitative estimate of drug-likeness (QED) is 0.416. The topological polar surface area (TPSA) is 132 Å². The van der Waals surface area contributed by atoms with E-state index in [2.05, 4.69) is 4.98 Å². The van der Waals surface area contributed by atoms with Gasteiger partial charge in [-0.3, -0.25) is 19.1 Å². The van der Waals surface area contributed by atoms with Gasteiger partial charge >= 0.3 is 11.7 Å². The number of carbonyl (C=O) groups excluding carboxylic acids is 2. The number of H-pyrrole nitrogens is 1. The highest BCUT2D eigenvalue weighted by Gasteiger charge is 2.26. The monoisotopic (exact) mass is 495 g/mol. The van der Waals surface area contributed by atoms with Crippen LogP contribution in [-0.4, -0.2) is 39.1 Å². The molecule has 36 heavy (non-hydrogen) atoms. The van der Waals surface area contributed by atoms with E-state index in [0.717, 1.165) is 17.8 Å². The molecule has 0 saturated heterocycles. The second-order valence-electron chi connectivity index (χ2n) is 8.58. The van der Waals surface area contributed by atoms with E-state index in [4.69, 9.17) is 10.5 Å². The minimum absolute atomic E-state index is 0.0900. The van der Waals surface area contributed by atoms with Crippen LogP contribution in [0.3, 0.4) is 0 Å². The Morgan fingerprint density at radius 3 is 2.42 bits per heavy atom. The number of nitrogens with two attached hydrogens (primary N) is 1. The minimum Gasteiger partial charge on any atom is -0.452 e. The lowest BCUT2D eigenvalue weighted by Crippen LogP contribution is -2.43. The SMILES string of the molecule is CCCCN(C(=O)COC(=O)c1cc(C)n(-c2ccccc2)c1C)c1c(N)n(CCC)c(=O)[nH]c1=O. The van der Waals surface area contributed by atoms with Gasteiger partial charge in [-0.25, -0.2) is 9.59 Å². The molecule has 10 nitrogen and oxygen atoms in total. The maximum atomic E-state index is 13.2. The predicted molar refractivity (Wildman–Crippen MR) is 139 cm³/mol. The van der Waals surface area contributed by atoms with Crippen molar-refractivity contribution in [3.8, 4) is 5.69 Å². The highest BCUT2D eigenvalue weighted by atomic mass is 16.5. The van der Waals surface area contributed by atoms with Crippen LogP contribution in [0.15, 0.2) is 46.0 Å². The number of ether oxygens (including phenoxy) is 1. The van der Waals surface area contributed by atoms with Gasteiger partial charge in [0.1, 0.15) is 5.82 Å². The summed E-state index contributed by atoms with van der Waals surface area (Å²) in [5, 5.41) is 0. The van der Waals surface area contributed by atoms with Gasteiger partial charge < -0.3 is 19.9 Å². The van der Waals surface area contributed by atoms with Crippen LogP contribution in [0.2, 0.25) is 0 Å². The first kappa shape index (κ1) is 26.5. The van der Waals surface area contributed by atoms with E-state index in [1.165, 1.54) is 9.47 Å². The lowest BCUT2D eigenvalue weighted by atomic mass is 10.2. The van der Waals surface area contributed by atoms with Crippen LogP contribution < -0.4 is 21.9 Å². The number of hydrogen-bond acceptors (Lipinski definition) is 6. The summed E-state index contributed by atoms with van der Waals surface area (Å²) in [5.41, 5.74) is 7.45. The van der Waals surface area contributed by atoms with Crippen molar-refractivity contribution in [3.05, 3.63) is 74.2 Å². The van der Waals surface area contributed by atoms with Crippen molar-refractivity contribution < 1.29 is 14.3 Å². The zero-order valence-electron chi connectivity index (χ0n) is 21.2. The summed E-state index contributed by atoms with van der Waals surface area (Å²) in [6, 6.07) is 11.3. The molecule has 3 rings (SSSR count). The molecule has 3 aromatic rings. The molecule has 1 amide bonds. The van der Waals surface area contributed by atoms with Gasteiger partial charge in [-0.15, -0.1) is 0 Å². The third-order valence-electron chi connectivity index (χ3n) is 5.96. The average molecular weight is 496 g/mol. The lowest BCUT2D eigenvalue weighted by molar-refractivity contribution is -0.121. The number of nitrogens with zero attached hydrogens (tertiary/aromatic N) is 3. The molecule has 0 fully saturated rings. The number of amides is 1. The van der Waals surface area contributed by atoms with E-state index in [9.17, 15) is 19.2 Å². The van der Waals surface area contributed by atoms with Crippen LogP contribution in [0.4, 0.5) is 11.5 Å². The summed E-state index contributed by atoms with van der Waals surface area (Å²) in [6.07, 6.45) is 1.95. The third kappa shape index (κ3) is 5.42. The fraction of sp³-hybridized carbons (Fsp3) is 0.385. The molecule has 10 heteroatoms. The summed E-state index contributed by atoms with van der Waals surface area (Å²) < 4.78 is 8.54. The highest BCUT2D eigenvalue weighted by Crippen LogP contribution is 2.22. The van der Waals surface area contributed by atoms with Crippen molar-refractivity contribution in [1.29, 1.82) is 0 Å². The van der Waals surface area contributed by atoms with Gasteiger partial charge in [0.05, 0.1) is 5.56 Å². The molecule has 3 N–H and O–H groups in total. The number of hydrogen-bond donors (Lipinski definition) is 2. The van der Waals surface area contributed by atoms with Gasteiger partial charge in [-0.05, 0) is 44.9 Å². The fourth-order valence-electron chi connectivity index (χ4n) is 4.19. The Balaban J connectivity index is 1.86. The average Bonchev–Trinajstić information content (AvgIpc) is 3.16. The second kappa shape index (κ2) is 11.6. The molecule has 2 aromatic heterocycles. The van der Waals surface area contributed by atoms with Crippen LogP contribution in [0.1, 0.15) is 54.9 Å². The first-order valence-corrected chi connectivity index (χ1v) is 12.1. The largest absolute Gasteiger partial charge is 0.452 e. The van der Waals surface area contributed by atoms with Gasteiger partial charge in [-0.2, -0.15) is 0 Å². The number of unbranched alkanes of at least 4 members (excludes halogenated alkanes) is 1. The molecule has 0 aliphatic carbocycles. The van der Waals surface area contributed by atoms with Crippen LogP contribution in [0.5, 0.6) is 0 Å². The minimum atomic E-state index is -0.757. The van der Waals surface area contributed by atoms with Crippen LogP contribution in [0.25, 0.3) is 5.69 Å². The number of para-hydroxylation sites is 1. The molecule has 0 radical (unpaired) electrons. The Morgan fingerprint density at radius 1 is 1.08 bits per heavy atom. The van der Waals surface area contributed by atoms with Crippen molar-refractivity contribution in [1.82, 2.24) is 14.1 Å². The van der Waals surface area contributed by atoms with Crippen molar-refractivity contribution in [2.45, 2.75) is 53.5 Å². The zero-order chi connectivity index (χ0) is 26.4. The Labute approximate surface area is 209 Å². The van der Waals surface area contributed by atoms with Crippen LogP contribution in [0, 0.1) is 13.8 Å². The summed E-state index contributed by atoms with van der Waals surface area (Å²) in [6.45, 7) is 7.40. The Bertz CT molecular complexity index is 1350. The van der Waals surface area contributed by atoms with Gasteiger partial charge in [0.25, 0.3) is 11.5 Å². The molecule has 0 spiro atoms. The van der Waals surface area contributed by atoms with Crippen LogP contribution >= 0.6 is 0 Å². The maximum Gasteiger partial charge on any atom is 0.340 e. The van der Waals surface area contributed by atoms with E-state index in [1.807, 2.05) is 62.6 Å². The molecule has 192 valence electrons. The van der Waals surface area contributed by atoms with Crippen molar-refractivity contribution >= 4 is 23.4 Å². The third-order valence-corrected chi connectivity index (χ3v) is 5.96. The number of benzene rings is 1. The van der Waals surface area contributed by atoms with Crippen LogP contribution in [-0.2, 0) is 16.1 Å². The van der Waals surface area contributed by atoms with Crippen molar-refractivity contribution in [3.63, 3.8) is 0 Å². The van der Waals surface area contributed by atoms with E-state index in [-0.39, 0.29) is 24.6 Å². The molecule has 0 bridgehead atoms. The number of anilines is 2. The lowest BCUT2D eigenvalue weighted by Gasteiger charge is -2.24. The molecule has 0 aliphatic heterocycles. The number of aromatic nitrogens is 3. The van der Waals surface area contributed by atoms with Gasteiger partial charge in [0.2, 0.25) is 0 Å². The number of aryl methyl sites for hydroxylation is 1. The first-order valence-electron chi connectivity index (χ1n) is 12.1. The van der Waals surface area contributed by atoms with E-state index >= 15 is 0 Å². The van der Waals surface area contributed by atoms with Gasteiger partial charge in [0, 0.05) is 30.2 Å². The van der Waals surface area contributed by atoms with E-state index in [1.54, 1.807) is 6.07 Å². The molecule has 0 aliphatic rings. The standard InChI is InChI=1S/C26H33N5O5/c1-5-7-14-29(22-23(27)30(13-6-2)26(35)28-24(22)33)21(32)16-36-25(34)20-15-17(3)31(18(20)4)19-11-9-8-10-12-19/h8-12,15H,5-7,13-14,16,27H2,1-4H3,(H,28,33,35). The molecule has 2 heterocycles. The van der Waals surface area contributed by atoms with E-state index in [0.29, 0.717) is 24.1 Å².